The summed E-state index contributed by atoms with van der Waals surface area (Å²) in [5, 5.41) is 6.26. The Bertz CT molecular complexity index is 847. The lowest BCUT2D eigenvalue weighted by Crippen LogP contribution is -2.36. The van der Waals surface area contributed by atoms with Gasteiger partial charge in [-0.3, -0.25) is 14.4 Å². The van der Waals surface area contributed by atoms with Gasteiger partial charge in [-0.1, -0.05) is 29.8 Å². The Morgan fingerprint density at radius 2 is 2.07 bits per heavy atom. The molecule has 0 radical (unpaired) electrons. The van der Waals surface area contributed by atoms with Gasteiger partial charge in [0, 0.05) is 23.2 Å². The van der Waals surface area contributed by atoms with Crippen molar-refractivity contribution in [3.63, 3.8) is 0 Å². The summed E-state index contributed by atoms with van der Waals surface area (Å²) in [6.07, 6.45) is 1.92. The van der Waals surface area contributed by atoms with Gasteiger partial charge in [0.25, 0.3) is 11.8 Å². The molecular weight excluding hydrogens is 392 g/mol. The highest BCUT2D eigenvalue weighted by molar-refractivity contribution is 7.21. The molecule has 0 spiro atoms. The quantitative estimate of drug-likeness (QED) is 0.682. The van der Waals surface area contributed by atoms with Crippen molar-refractivity contribution < 1.29 is 23.9 Å². The molecule has 27 heavy (non-hydrogen) atoms. The monoisotopic (exact) mass is 410 g/mol. The molecule has 1 saturated heterocycles. The largest absolute Gasteiger partial charge is 0.454 e. The number of carbonyl (C=O) groups excluding carboxylic acids is 3. The van der Waals surface area contributed by atoms with Gasteiger partial charge in [0.1, 0.15) is 11.4 Å². The van der Waals surface area contributed by atoms with Crippen molar-refractivity contribution in [2.45, 2.75) is 18.9 Å². The fourth-order valence-corrected chi connectivity index (χ4v) is 4.11. The lowest BCUT2D eigenvalue weighted by Gasteiger charge is -2.11. The fourth-order valence-electron chi connectivity index (χ4n) is 2.67. The lowest BCUT2D eigenvalue weighted by atomic mass is 10.2. The second-order valence-corrected chi connectivity index (χ2v) is 7.45. The second-order valence-electron chi connectivity index (χ2n) is 6.02. The molecule has 7 nitrogen and oxygen atoms in total. The third-order valence-electron chi connectivity index (χ3n) is 4.05. The first kappa shape index (κ1) is 19.6. The Balaban J connectivity index is 1.41. The van der Waals surface area contributed by atoms with Crippen LogP contribution in [0.4, 0.5) is 0 Å². The van der Waals surface area contributed by atoms with E-state index in [1.165, 1.54) is 11.3 Å². The molecule has 2 aromatic rings. The molecule has 9 heteroatoms. The number of halogens is 1. The van der Waals surface area contributed by atoms with Crippen LogP contribution in [0.5, 0.6) is 0 Å². The summed E-state index contributed by atoms with van der Waals surface area (Å²) in [6.45, 7) is 0.365. The van der Waals surface area contributed by atoms with Crippen LogP contribution in [-0.2, 0) is 19.1 Å². The molecule has 3 rings (SSSR count). The first-order valence-corrected chi connectivity index (χ1v) is 9.73. The molecule has 144 valence electrons. The number of nitrogens with one attached hydrogen (secondary N) is 2. The van der Waals surface area contributed by atoms with Crippen LogP contribution in [0.3, 0.4) is 0 Å². The molecule has 0 unspecified atom stereocenters. The van der Waals surface area contributed by atoms with Crippen molar-refractivity contribution in [1.82, 2.24) is 10.6 Å². The highest BCUT2D eigenvalue weighted by Crippen LogP contribution is 2.34. The molecule has 2 amide bonds. The number of hydrogen-bond acceptors (Lipinski definition) is 6. The first-order chi connectivity index (χ1) is 13.0. The Kier molecular flexibility index (Phi) is 6.65. The Morgan fingerprint density at radius 1 is 1.26 bits per heavy atom. The van der Waals surface area contributed by atoms with Crippen molar-refractivity contribution in [1.29, 1.82) is 0 Å². The zero-order valence-electron chi connectivity index (χ0n) is 14.5. The number of benzene rings is 1. The third kappa shape index (κ3) is 5.18. The summed E-state index contributed by atoms with van der Waals surface area (Å²) in [7, 11) is 0. The van der Waals surface area contributed by atoms with Crippen molar-refractivity contribution in [3.05, 3.63) is 34.2 Å². The second kappa shape index (κ2) is 9.16. The van der Waals surface area contributed by atoms with Crippen molar-refractivity contribution >= 4 is 50.8 Å². The van der Waals surface area contributed by atoms with Crippen LogP contribution in [0.15, 0.2) is 24.3 Å². The summed E-state index contributed by atoms with van der Waals surface area (Å²) < 4.78 is 11.1. The molecular formula is C18H19ClN2O5S. The number of rotatable bonds is 7. The highest BCUT2D eigenvalue weighted by Gasteiger charge is 2.19. The number of hydrogen-bond donors (Lipinski definition) is 2. The van der Waals surface area contributed by atoms with E-state index in [4.69, 9.17) is 21.1 Å². The average Bonchev–Trinajstić information content (AvgIpc) is 3.31. The van der Waals surface area contributed by atoms with Crippen molar-refractivity contribution in [2.24, 2.45) is 0 Å². The van der Waals surface area contributed by atoms with Gasteiger partial charge in [0.05, 0.1) is 11.1 Å². The predicted molar refractivity (Wildman–Crippen MR) is 102 cm³/mol. The Morgan fingerprint density at radius 3 is 2.81 bits per heavy atom. The van der Waals surface area contributed by atoms with E-state index in [-0.39, 0.29) is 12.6 Å². The zero-order chi connectivity index (χ0) is 19.2. The SMILES string of the molecule is O=C(COC(=O)CNC(=O)c1sc2ccccc2c1Cl)NC[C@@H]1CCCO1. The minimum atomic E-state index is -0.701. The van der Waals surface area contributed by atoms with E-state index >= 15 is 0 Å². The number of thiophene rings is 1. The molecule has 0 bridgehead atoms. The first-order valence-electron chi connectivity index (χ1n) is 8.53. The van der Waals surface area contributed by atoms with Crippen LogP contribution >= 0.6 is 22.9 Å². The summed E-state index contributed by atoms with van der Waals surface area (Å²) in [4.78, 5) is 36.0. The molecule has 2 N–H and O–H groups in total. The number of ether oxygens (including phenoxy) is 2. The molecule has 0 aliphatic carbocycles. The van der Waals surface area contributed by atoms with Crippen LogP contribution < -0.4 is 10.6 Å². The molecule has 1 atom stereocenters. The van der Waals surface area contributed by atoms with Crippen LogP contribution in [0.25, 0.3) is 10.1 Å². The molecule has 1 aromatic heterocycles. The van der Waals surface area contributed by atoms with Gasteiger partial charge in [-0.25, -0.2) is 0 Å². The van der Waals surface area contributed by atoms with Gasteiger partial charge in [-0.05, 0) is 18.9 Å². The van der Waals surface area contributed by atoms with Gasteiger partial charge in [-0.2, -0.15) is 0 Å². The number of fused-ring (bicyclic) bond motifs is 1. The minimum Gasteiger partial charge on any atom is -0.454 e. The number of esters is 1. The van der Waals surface area contributed by atoms with Gasteiger partial charge in [-0.15, -0.1) is 11.3 Å². The molecule has 2 heterocycles. The highest BCUT2D eigenvalue weighted by atomic mass is 35.5. The van der Waals surface area contributed by atoms with Crippen LogP contribution in [0.1, 0.15) is 22.5 Å². The zero-order valence-corrected chi connectivity index (χ0v) is 16.0. The smallest absolute Gasteiger partial charge is 0.325 e. The maximum absolute atomic E-state index is 12.2. The van der Waals surface area contributed by atoms with Crippen LogP contribution in [0.2, 0.25) is 5.02 Å². The van der Waals surface area contributed by atoms with Gasteiger partial charge < -0.3 is 20.1 Å². The van der Waals surface area contributed by atoms with E-state index in [9.17, 15) is 14.4 Å². The van der Waals surface area contributed by atoms with Crippen LogP contribution in [-0.4, -0.2) is 50.2 Å². The Labute approximate surface area is 165 Å². The fraction of sp³-hybridized carbons (Fsp3) is 0.389. The van der Waals surface area contributed by atoms with Gasteiger partial charge in [0.15, 0.2) is 6.61 Å². The number of carbonyl (C=O) groups is 3. The van der Waals surface area contributed by atoms with E-state index < -0.39 is 24.4 Å². The van der Waals surface area contributed by atoms with E-state index in [1.54, 1.807) is 0 Å². The molecule has 0 saturated carbocycles. The topological polar surface area (TPSA) is 93.7 Å². The summed E-state index contributed by atoms with van der Waals surface area (Å²) in [6, 6.07) is 7.39. The van der Waals surface area contributed by atoms with Gasteiger partial charge >= 0.3 is 5.97 Å². The van der Waals surface area contributed by atoms with Crippen molar-refractivity contribution in [2.75, 3.05) is 26.3 Å². The van der Waals surface area contributed by atoms with E-state index in [0.29, 0.717) is 23.1 Å². The van der Waals surface area contributed by atoms with E-state index in [1.807, 2.05) is 24.3 Å². The maximum atomic E-state index is 12.2. The average molecular weight is 411 g/mol. The molecule has 1 aromatic carbocycles. The molecule has 1 fully saturated rings. The summed E-state index contributed by atoms with van der Waals surface area (Å²) >= 11 is 7.48. The maximum Gasteiger partial charge on any atom is 0.325 e. The molecule has 1 aliphatic heterocycles. The third-order valence-corrected chi connectivity index (χ3v) is 5.72. The normalized spacial score (nSPS) is 16.3. The van der Waals surface area contributed by atoms with Crippen LogP contribution in [0, 0.1) is 0 Å². The summed E-state index contributed by atoms with van der Waals surface area (Å²) in [5.74, 6) is -1.56. The standard InChI is InChI=1S/C18H19ClN2O5S/c19-16-12-5-1-2-6-13(12)27-17(16)18(24)21-9-15(23)26-10-14(22)20-8-11-4-3-7-25-11/h1-2,5-6,11H,3-4,7-10H2,(H,20,22)(H,21,24)/t11-/m0/s1. The lowest BCUT2D eigenvalue weighted by molar-refractivity contribution is -0.147. The molecule has 1 aliphatic rings. The van der Waals surface area contributed by atoms with E-state index in [0.717, 1.165) is 22.9 Å². The van der Waals surface area contributed by atoms with Crippen molar-refractivity contribution in [3.8, 4) is 0 Å². The van der Waals surface area contributed by atoms with E-state index in [2.05, 4.69) is 10.6 Å². The minimum absolute atomic E-state index is 0.0231. The summed E-state index contributed by atoms with van der Waals surface area (Å²) in [5.41, 5.74) is 0. The number of amides is 2. The Hall–Kier alpha value is -2.16. The predicted octanol–water partition coefficient (Wildman–Crippen LogP) is 2.12. The van der Waals surface area contributed by atoms with Gasteiger partial charge in [0.2, 0.25) is 0 Å².